The molecule has 1 N–H and O–H groups in total. The number of hydrogen-bond acceptors (Lipinski definition) is 4. The fourth-order valence-electron chi connectivity index (χ4n) is 3.41. The van der Waals surface area contributed by atoms with Crippen LogP contribution in [0.4, 0.5) is 5.69 Å². The van der Waals surface area contributed by atoms with E-state index >= 15 is 0 Å². The van der Waals surface area contributed by atoms with Gasteiger partial charge in [-0.25, -0.2) is 4.79 Å². The van der Waals surface area contributed by atoms with Crippen molar-refractivity contribution in [3.63, 3.8) is 0 Å². The molecule has 28 heavy (non-hydrogen) atoms. The van der Waals surface area contributed by atoms with Crippen LogP contribution in [0.5, 0.6) is 0 Å². The minimum atomic E-state index is -0.281. The summed E-state index contributed by atoms with van der Waals surface area (Å²) in [6, 6.07) is 16.2. The summed E-state index contributed by atoms with van der Waals surface area (Å²) in [5.74, 6) is 0.245. The Balaban J connectivity index is 1.85. The second kappa shape index (κ2) is 8.87. The second-order valence-electron chi connectivity index (χ2n) is 7.54. The number of hydrogen-bond donors (Lipinski definition) is 1. The summed E-state index contributed by atoms with van der Waals surface area (Å²) in [7, 11) is 0. The smallest absolute Gasteiger partial charge is 0.338 e. The van der Waals surface area contributed by atoms with Gasteiger partial charge in [0.15, 0.2) is 0 Å². The molecule has 0 fully saturated rings. The molecule has 0 saturated heterocycles. The van der Waals surface area contributed by atoms with E-state index in [9.17, 15) is 4.79 Å². The van der Waals surface area contributed by atoms with Gasteiger partial charge in [0, 0.05) is 5.39 Å². The molecule has 1 heterocycles. The molecule has 0 amide bonds. The summed E-state index contributed by atoms with van der Waals surface area (Å²) in [6.07, 6.45) is 2.88. The molecular weight excluding hydrogens is 348 g/mol. The van der Waals surface area contributed by atoms with Gasteiger partial charge in [-0.2, -0.15) is 0 Å². The molecular formula is C24H28N2O2. The maximum Gasteiger partial charge on any atom is 0.338 e. The molecule has 0 aliphatic carbocycles. The Bertz CT molecular complexity index is 948. The fourth-order valence-corrected chi connectivity index (χ4v) is 3.41. The molecule has 146 valence electrons. The van der Waals surface area contributed by atoms with E-state index in [1.165, 1.54) is 5.56 Å². The summed E-state index contributed by atoms with van der Waals surface area (Å²) in [4.78, 5) is 16.5. The highest BCUT2D eigenvalue weighted by atomic mass is 16.5. The van der Waals surface area contributed by atoms with Crippen LogP contribution in [0.25, 0.3) is 10.9 Å². The van der Waals surface area contributed by atoms with Gasteiger partial charge in [-0.05, 0) is 55.5 Å². The zero-order valence-corrected chi connectivity index (χ0v) is 17.0. The van der Waals surface area contributed by atoms with E-state index in [0.717, 1.165) is 28.6 Å². The molecule has 3 aromatic rings. The molecule has 1 atom stereocenters. The fraction of sp³-hybridized carbons (Fsp3) is 0.333. The monoisotopic (exact) mass is 376 g/mol. The van der Waals surface area contributed by atoms with Crippen LogP contribution in [0, 0.1) is 12.8 Å². The molecule has 0 saturated carbocycles. The van der Waals surface area contributed by atoms with Crippen molar-refractivity contribution in [2.24, 2.45) is 5.92 Å². The normalized spacial score (nSPS) is 12.2. The van der Waals surface area contributed by atoms with Gasteiger partial charge in [0.1, 0.15) is 0 Å². The lowest BCUT2D eigenvalue weighted by atomic mass is 9.96. The Hall–Kier alpha value is -2.88. The van der Waals surface area contributed by atoms with Gasteiger partial charge in [-0.3, -0.25) is 4.98 Å². The van der Waals surface area contributed by atoms with Gasteiger partial charge in [-0.15, -0.1) is 0 Å². The summed E-state index contributed by atoms with van der Waals surface area (Å²) in [6.45, 7) is 8.70. The Morgan fingerprint density at radius 1 is 1.14 bits per heavy atom. The molecule has 3 rings (SSSR count). The lowest BCUT2D eigenvalue weighted by Gasteiger charge is -2.22. The van der Waals surface area contributed by atoms with Gasteiger partial charge in [0.25, 0.3) is 0 Å². The third-order valence-corrected chi connectivity index (χ3v) is 4.78. The lowest BCUT2D eigenvalue weighted by molar-refractivity contribution is 0.0526. The number of para-hydroxylation sites is 1. The number of carbonyl (C=O) groups is 1. The van der Waals surface area contributed by atoms with Crippen molar-refractivity contribution < 1.29 is 9.53 Å². The van der Waals surface area contributed by atoms with Crippen molar-refractivity contribution in [2.45, 2.75) is 40.2 Å². The van der Waals surface area contributed by atoms with Crippen LogP contribution < -0.4 is 5.32 Å². The van der Waals surface area contributed by atoms with Gasteiger partial charge in [0.05, 0.1) is 35.6 Å². The highest BCUT2D eigenvalue weighted by Gasteiger charge is 2.15. The molecule has 0 radical (unpaired) electrons. The number of pyridine rings is 1. The molecule has 0 spiro atoms. The third-order valence-electron chi connectivity index (χ3n) is 4.78. The van der Waals surface area contributed by atoms with Crippen LogP contribution in [0.2, 0.25) is 0 Å². The zero-order valence-electron chi connectivity index (χ0n) is 17.0. The summed E-state index contributed by atoms with van der Waals surface area (Å²) < 4.78 is 5.08. The van der Waals surface area contributed by atoms with Gasteiger partial charge in [-0.1, -0.05) is 44.2 Å². The van der Waals surface area contributed by atoms with Crippen LogP contribution in [-0.4, -0.2) is 17.6 Å². The number of benzene rings is 2. The minimum Gasteiger partial charge on any atom is -0.462 e. The highest BCUT2D eigenvalue weighted by molar-refractivity contribution is 5.89. The standard InChI is InChI=1S/C24H28N2O2/c1-5-28-24(27)19-11-9-18(10-12-19)22(13-16(2)3)26-21-14-20-8-6-7-17(4)23(20)25-15-21/h6-12,14-16,22,26H,5,13H2,1-4H3. The summed E-state index contributed by atoms with van der Waals surface area (Å²) >= 11 is 0. The average Bonchev–Trinajstić information content (AvgIpc) is 2.67. The van der Waals surface area contributed by atoms with Crippen LogP contribution >= 0.6 is 0 Å². The lowest BCUT2D eigenvalue weighted by Crippen LogP contribution is -2.14. The van der Waals surface area contributed by atoms with E-state index in [-0.39, 0.29) is 12.0 Å². The molecule has 0 aliphatic rings. The molecule has 1 aromatic heterocycles. The number of ether oxygens (including phenoxy) is 1. The molecule has 2 aromatic carbocycles. The highest BCUT2D eigenvalue weighted by Crippen LogP contribution is 2.28. The van der Waals surface area contributed by atoms with Crippen LogP contribution in [0.15, 0.2) is 54.7 Å². The number of nitrogens with one attached hydrogen (secondary N) is 1. The van der Waals surface area contributed by atoms with Crippen molar-refractivity contribution in [1.82, 2.24) is 4.98 Å². The van der Waals surface area contributed by atoms with E-state index in [1.807, 2.05) is 37.4 Å². The Morgan fingerprint density at radius 2 is 1.89 bits per heavy atom. The van der Waals surface area contributed by atoms with E-state index < -0.39 is 0 Å². The number of esters is 1. The Labute approximate surface area is 166 Å². The second-order valence-corrected chi connectivity index (χ2v) is 7.54. The van der Waals surface area contributed by atoms with Crippen molar-refractivity contribution in [3.8, 4) is 0 Å². The van der Waals surface area contributed by atoms with Gasteiger partial charge >= 0.3 is 5.97 Å². The maximum absolute atomic E-state index is 11.9. The van der Waals surface area contributed by atoms with E-state index in [1.54, 1.807) is 0 Å². The first-order valence-corrected chi connectivity index (χ1v) is 9.87. The number of rotatable bonds is 7. The summed E-state index contributed by atoms with van der Waals surface area (Å²) in [5, 5.41) is 4.76. The number of carbonyl (C=O) groups excluding carboxylic acids is 1. The quantitative estimate of drug-likeness (QED) is 0.520. The number of nitrogens with zero attached hydrogens (tertiary/aromatic N) is 1. The molecule has 4 heteroatoms. The first kappa shape index (κ1) is 19.9. The molecule has 0 bridgehead atoms. The van der Waals surface area contributed by atoms with Crippen molar-refractivity contribution in [1.29, 1.82) is 0 Å². The molecule has 0 aliphatic heterocycles. The molecule has 1 unspecified atom stereocenters. The predicted molar refractivity (Wildman–Crippen MR) is 115 cm³/mol. The largest absolute Gasteiger partial charge is 0.462 e. The summed E-state index contributed by atoms with van der Waals surface area (Å²) in [5.41, 5.74) is 4.94. The average molecular weight is 377 g/mol. The number of aromatic nitrogens is 1. The number of anilines is 1. The van der Waals surface area contributed by atoms with E-state index in [2.05, 4.69) is 55.3 Å². The van der Waals surface area contributed by atoms with Gasteiger partial charge < -0.3 is 10.1 Å². The zero-order chi connectivity index (χ0) is 20.1. The first-order chi connectivity index (χ1) is 13.5. The van der Waals surface area contributed by atoms with Crippen molar-refractivity contribution >= 4 is 22.6 Å². The Kier molecular flexibility index (Phi) is 6.30. The van der Waals surface area contributed by atoms with Crippen LogP contribution in [0.3, 0.4) is 0 Å². The molecule has 4 nitrogen and oxygen atoms in total. The number of aryl methyl sites for hydroxylation is 1. The number of fused-ring (bicyclic) bond motifs is 1. The van der Waals surface area contributed by atoms with Crippen LogP contribution in [0.1, 0.15) is 54.7 Å². The van der Waals surface area contributed by atoms with Crippen molar-refractivity contribution in [3.05, 3.63) is 71.4 Å². The van der Waals surface area contributed by atoms with E-state index in [0.29, 0.717) is 18.1 Å². The van der Waals surface area contributed by atoms with Crippen LogP contribution in [-0.2, 0) is 4.74 Å². The van der Waals surface area contributed by atoms with E-state index in [4.69, 9.17) is 4.74 Å². The maximum atomic E-state index is 11.9. The van der Waals surface area contributed by atoms with Gasteiger partial charge in [0.2, 0.25) is 0 Å². The predicted octanol–water partition coefficient (Wildman–Crippen LogP) is 5.92. The Morgan fingerprint density at radius 3 is 2.57 bits per heavy atom. The van der Waals surface area contributed by atoms with Crippen molar-refractivity contribution in [2.75, 3.05) is 11.9 Å². The minimum absolute atomic E-state index is 0.139. The topological polar surface area (TPSA) is 51.2 Å². The first-order valence-electron chi connectivity index (χ1n) is 9.87. The third kappa shape index (κ3) is 4.69. The SMILES string of the molecule is CCOC(=O)c1ccc(C(CC(C)C)Nc2cnc3c(C)cccc3c2)cc1.